The first kappa shape index (κ1) is 25.9. The Labute approximate surface area is 206 Å². The predicted molar refractivity (Wildman–Crippen MR) is 127 cm³/mol. The number of hydrogen-bond donors (Lipinski definition) is 2. The molecule has 2 aliphatic carbocycles. The third-order valence-corrected chi connectivity index (χ3v) is 7.65. The molecule has 0 radical (unpaired) electrons. The fourth-order valence-electron chi connectivity index (χ4n) is 6.04. The molecule has 1 heterocycles. The molecule has 0 aromatic heterocycles. The Bertz CT molecular complexity index is 898. The van der Waals surface area contributed by atoms with Gasteiger partial charge in [-0.2, -0.15) is 0 Å². The molecule has 1 aliphatic heterocycles. The van der Waals surface area contributed by atoms with Crippen molar-refractivity contribution in [3.8, 4) is 5.75 Å². The molecule has 1 aromatic rings. The summed E-state index contributed by atoms with van der Waals surface area (Å²) in [5.41, 5.74) is -0.856. The number of phenols is 1. The SMILES string of the molecule is CC(C)(C)OC(=O)C1CCCC2(COCC(=O)N2)C1CO[C@H]1CC[C@@H](c2c(O)cccc2F)CC1. The summed E-state index contributed by atoms with van der Waals surface area (Å²) in [7, 11) is 0. The molecule has 1 saturated heterocycles. The first-order chi connectivity index (χ1) is 16.6. The number of halogens is 1. The Hall–Kier alpha value is -2.19. The zero-order valence-corrected chi connectivity index (χ0v) is 21.0. The number of benzene rings is 1. The van der Waals surface area contributed by atoms with E-state index in [0.29, 0.717) is 38.0 Å². The van der Waals surface area contributed by atoms with Gasteiger partial charge in [0.1, 0.15) is 23.8 Å². The van der Waals surface area contributed by atoms with Crippen LogP contribution in [0, 0.1) is 17.7 Å². The lowest BCUT2D eigenvalue weighted by atomic mass is 9.66. The van der Waals surface area contributed by atoms with E-state index < -0.39 is 17.1 Å². The zero-order valence-electron chi connectivity index (χ0n) is 21.0. The average molecular weight is 492 g/mol. The number of ether oxygens (including phenoxy) is 3. The minimum atomic E-state index is -0.648. The number of hydrogen-bond acceptors (Lipinski definition) is 6. The molecule has 0 bridgehead atoms. The van der Waals surface area contributed by atoms with Gasteiger partial charge in [0.15, 0.2) is 0 Å². The van der Waals surface area contributed by atoms with E-state index in [0.717, 1.165) is 25.7 Å². The maximum Gasteiger partial charge on any atom is 0.309 e. The smallest absolute Gasteiger partial charge is 0.309 e. The summed E-state index contributed by atoms with van der Waals surface area (Å²) in [6.45, 7) is 6.25. The summed E-state index contributed by atoms with van der Waals surface area (Å²) in [5, 5.41) is 13.3. The van der Waals surface area contributed by atoms with Crippen LogP contribution in [0.2, 0.25) is 0 Å². The van der Waals surface area contributed by atoms with Crippen molar-refractivity contribution in [1.29, 1.82) is 0 Å². The van der Waals surface area contributed by atoms with Crippen molar-refractivity contribution in [3.63, 3.8) is 0 Å². The van der Waals surface area contributed by atoms with Gasteiger partial charge in [0.05, 0.1) is 30.8 Å². The monoisotopic (exact) mass is 491 g/mol. The second-order valence-electron chi connectivity index (χ2n) is 11.3. The highest BCUT2D eigenvalue weighted by atomic mass is 19.1. The number of amides is 1. The Morgan fingerprint density at radius 2 is 1.97 bits per heavy atom. The zero-order chi connectivity index (χ0) is 25.2. The fourth-order valence-corrected chi connectivity index (χ4v) is 6.04. The summed E-state index contributed by atoms with van der Waals surface area (Å²) in [5.74, 6) is -1.49. The van der Waals surface area contributed by atoms with Gasteiger partial charge in [-0.15, -0.1) is 0 Å². The van der Waals surface area contributed by atoms with Crippen molar-refractivity contribution in [2.45, 2.75) is 88.9 Å². The molecule has 3 atom stereocenters. The standard InChI is InChI=1S/C27H38FNO6/c1-26(2,3)35-25(32)19-6-5-13-27(16-33-15-23(31)29-27)20(19)14-34-18-11-9-17(10-12-18)24-21(28)7-4-8-22(24)30/h4,7-8,17-20,30H,5-6,9-16H2,1-3H3,(H,29,31)/t17-,18+,19?,20?,27?. The van der Waals surface area contributed by atoms with Crippen molar-refractivity contribution < 1.29 is 33.3 Å². The summed E-state index contributed by atoms with van der Waals surface area (Å²) in [4.78, 5) is 25.4. The maximum atomic E-state index is 14.3. The summed E-state index contributed by atoms with van der Waals surface area (Å²) in [6.07, 6.45) is 5.07. The largest absolute Gasteiger partial charge is 0.508 e. The molecule has 1 amide bonds. The minimum absolute atomic E-state index is 0.00626. The van der Waals surface area contributed by atoms with Crippen LogP contribution < -0.4 is 5.32 Å². The van der Waals surface area contributed by atoms with Crippen LogP contribution in [0.5, 0.6) is 5.75 Å². The molecule has 3 unspecified atom stereocenters. The first-order valence-corrected chi connectivity index (χ1v) is 12.8. The van der Waals surface area contributed by atoms with Crippen molar-refractivity contribution >= 4 is 11.9 Å². The number of rotatable bonds is 5. The topological polar surface area (TPSA) is 94.1 Å². The van der Waals surface area contributed by atoms with Crippen molar-refractivity contribution in [2.75, 3.05) is 19.8 Å². The Kier molecular flexibility index (Phi) is 7.71. The lowest BCUT2D eigenvalue weighted by molar-refractivity contribution is -0.173. The fraction of sp³-hybridized carbons (Fsp3) is 0.704. The van der Waals surface area contributed by atoms with Crippen LogP contribution in [0.25, 0.3) is 0 Å². The molecule has 8 heteroatoms. The molecule has 7 nitrogen and oxygen atoms in total. The van der Waals surface area contributed by atoms with Gasteiger partial charge in [-0.05, 0) is 77.3 Å². The minimum Gasteiger partial charge on any atom is -0.508 e. The van der Waals surface area contributed by atoms with E-state index in [4.69, 9.17) is 14.2 Å². The summed E-state index contributed by atoms with van der Waals surface area (Å²) < 4.78 is 32.1. The normalized spacial score (nSPS) is 31.7. The molecule has 3 aliphatic rings. The van der Waals surface area contributed by atoms with Gasteiger partial charge in [-0.25, -0.2) is 4.39 Å². The number of morpholine rings is 1. The van der Waals surface area contributed by atoms with E-state index in [1.54, 1.807) is 0 Å². The predicted octanol–water partition coefficient (Wildman–Crippen LogP) is 4.22. The van der Waals surface area contributed by atoms with Gasteiger partial charge >= 0.3 is 5.97 Å². The van der Waals surface area contributed by atoms with Gasteiger partial charge in [0.2, 0.25) is 5.91 Å². The van der Waals surface area contributed by atoms with E-state index >= 15 is 0 Å². The lowest BCUT2D eigenvalue weighted by Gasteiger charge is -2.49. The van der Waals surface area contributed by atoms with E-state index in [2.05, 4.69) is 5.32 Å². The molecule has 3 fully saturated rings. The molecule has 35 heavy (non-hydrogen) atoms. The highest BCUT2D eigenvalue weighted by molar-refractivity contribution is 5.79. The van der Waals surface area contributed by atoms with Crippen LogP contribution in [-0.2, 0) is 23.8 Å². The molecule has 2 N–H and O–H groups in total. The molecule has 1 aromatic carbocycles. The molecular weight excluding hydrogens is 453 g/mol. The van der Waals surface area contributed by atoms with Gasteiger partial charge in [0.25, 0.3) is 0 Å². The van der Waals surface area contributed by atoms with Gasteiger partial charge in [0, 0.05) is 11.5 Å². The van der Waals surface area contributed by atoms with Crippen molar-refractivity contribution in [3.05, 3.63) is 29.6 Å². The quantitative estimate of drug-likeness (QED) is 0.599. The van der Waals surface area contributed by atoms with E-state index in [1.165, 1.54) is 18.2 Å². The van der Waals surface area contributed by atoms with Crippen molar-refractivity contribution in [2.24, 2.45) is 11.8 Å². The van der Waals surface area contributed by atoms with E-state index in [-0.39, 0.29) is 48.0 Å². The third-order valence-electron chi connectivity index (χ3n) is 7.65. The molecule has 1 spiro atoms. The van der Waals surface area contributed by atoms with Crippen LogP contribution in [0.1, 0.15) is 77.2 Å². The van der Waals surface area contributed by atoms with Crippen LogP contribution in [0.15, 0.2) is 18.2 Å². The summed E-state index contributed by atoms with van der Waals surface area (Å²) >= 11 is 0. The Morgan fingerprint density at radius 1 is 1.23 bits per heavy atom. The number of carbonyl (C=O) groups is 2. The van der Waals surface area contributed by atoms with Crippen LogP contribution in [0.4, 0.5) is 4.39 Å². The first-order valence-electron chi connectivity index (χ1n) is 12.8. The number of phenolic OH excluding ortho intramolecular Hbond substituents is 1. The number of esters is 1. The van der Waals surface area contributed by atoms with Gasteiger partial charge in [-0.3, -0.25) is 9.59 Å². The van der Waals surface area contributed by atoms with E-state index in [1.807, 2.05) is 20.8 Å². The summed E-state index contributed by atoms with van der Waals surface area (Å²) in [6, 6.07) is 4.43. The second-order valence-corrected chi connectivity index (χ2v) is 11.3. The molecule has 194 valence electrons. The number of aromatic hydroxyl groups is 1. The highest BCUT2D eigenvalue weighted by Gasteiger charge is 2.52. The van der Waals surface area contributed by atoms with Gasteiger partial charge < -0.3 is 24.6 Å². The highest BCUT2D eigenvalue weighted by Crippen LogP contribution is 2.43. The van der Waals surface area contributed by atoms with Crippen molar-refractivity contribution in [1.82, 2.24) is 5.32 Å². The Morgan fingerprint density at radius 3 is 2.63 bits per heavy atom. The molecule has 4 rings (SSSR count). The number of carbonyl (C=O) groups excluding carboxylic acids is 2. The Balaban J connectivity index is 1.44. The number of nitrogens with one attached hydrogen (secondary N) is 1. The lowest BCUT2D eigenvalue weighted by Crippen LogP contribution is -2.66. The second kappa shape index (κ2) is 10.4. The van der Waals surface area contributed by atoms with Gasteiger partial charge in [-0.1, -0.05) is 12.5 Å². The van der Waals surface area contributed by atoms with Crippen LogP contribution in [0.3, 0.4) is 0 Å². The van der Waals surface area contributed by atoms with E-state index in [9.17, 15) is 19.1 Å². The molecule has 2 saturated carbocycles. The van der Waals surface area contributed by atoms with Crippen LogP contribution >= 0.6 is 0 Å². The van der Waals surface area contributed by atoms with Crippen LogP contribution in [-0.4, -0.2) is 54.0 Å². The third kappa shape index (κ3) is 5.97. The maximum absolute atomic E-state index is 14.3. The average Bonchev–Trinajstić information content (AvgIpc) is 2.78. The molecular formula is C27H38FNO6.